The summed E-state index contributed by atoms with van der Waals surface area (Å²) in [5.41, 5.74) is 2.14. The third-order valence-corrected chi connectivity index (χ3v) is 3.90. The molecule has 0 saturated heterocycles. The Bertz CT molecular complexity index is 628. The van der Waals surface area contributed by atoms with E-state index in [-0.39, 0.29) is 17.7 Å². The minimum Gasteiger partial charge on any atom is -0.310 e. The van der Waals surface area contributed by atoms with Crippen LogP contribution in [0.1, 0.15) is 29.7 Å². The van der Waals surface area contributed by atoms with Gasteiger partial charge in [0.05, 0.1) is 0 Å². The fourth-order valence-corrected chi connectivity index (χ4v) is 2.80. The lowest BCUT2D eigenvalue weighted by molar-refractivity contribution is 0.498. The molecule has 1 unspecified atom stereocenters. The molecule has 0 heterocycles. The normalized spacial score (nSPS) is 12.4. The van der Waals surface area contributed by atoms with Crippen molar-refractivity contribution in [1.82, 2.24) is 5.32 Å². The van der Waals surface area contributed by atoms with Crippen LogP contribution >= 0.6 is 15.9 Å². The van der Waals surface area contributed by atoms with Crippen molar-refractivity contribution in [2.45, 2.75) is 26.3 Å². The van der Waals surface area contributed by atoms with E-state index in [9.17, 15) is 8.78 Å². The number of rotatable bonds is 5. The lowest BCUT2D eigenvalue weighted by atomic mass is 9.96. The second-order valence-corrected chi connectivity index (χ2v) is 5.99. The van der Waals surface area contributed by atoms with Gasteiger partial charge in [0, 0.05) is 16.1 Å². The Morgan fingerprint density at radius 2 is 1.81 bits per heavy atom. The molecule has 2 aromatic rings. The molecule has 1 atom stereocenters. The monoisotopic (exact) mass is 353 g/mol. The van der Waals surface area contributed by atoms with Crippen molar-refractivity contribution < 1.29 is 8.78 Å². The van der Waals surface area contributed by atoms with Gasteiger partial charge >= 0.3 is 0 Å². The van der Waals surface area contributed by atoms with Crippen molar-refractivity contribution in [3.63, 3.8) is 0 Å². The van der Waals surface area contributed by atoms with E-state index >= 15 is 0 Å². The second kappa shape index (κ2) is 7.14. The van der Waals surface area contributed by atoms with Gasteiger partial charge in [-0.15, -0.1) is 0 Å². The maximum atomic E-state index is 14.1. The molecular formula is C17H18BrF2N. The minimum atomic E-state index is -0.269. The van der Waals surface area contributed by atoms with Crippen LogP contribution in [0, 0.1) is 18.6 Å². The standard InChI is InChI=1S/C17H18BrF2N/c1-3-21-17(14-8-11(2)4-6-16(14)20)10-12-9-13(18)5-7-15(12)19/h4-9,17,21H,3,10H2,1-2H3. The maximum absolute atomic E-state index is 14.1. The fourth-order valence-electron chi connectivity index (χ4n) is 2.39. The topological polar surface area (TPSA) is 12.0 Å². The first kappa shape index (κ1) is 16.1. The smallest absolute Gasteiger partial charge is 0.128 e. The van der Waals surface area contributed by atoms with Crippen LogP contribution in [0.25, 0.3) is 0 Å². The van der Waals surface area contributed by atoms with Gasteiger partial charge in [-0.1, -0.05) is 40.5 Å². The van der Waals surface area contributed by atoms with E-state index < -0.39 is 0 Å². The van der Waals surface area contributed by atoms with Gasteiger partial charge in [0.25, 0.3) is 0 Å². The average molecular weight is 354 g/mol. The molecule has 112 valence electrons. The van der Waals surface area contributed by atoms with Crippen molar-refractivity contribution in [3.8, 4) is 0 Å². The molecule has 2 aromatic carbocycles. The summed E-state index contributed by atoms with van der Waals surface area (Å²) >= 11 is 3.35. The van der Waals surface area contributed by atoms with Gasteiger partial charge in [0.2, 0.25) is 0 Å². The second-order valence-electron chi connectivity index (χ2n) is 5.08. The van der Waals surface area contributed by atoms with Crippen LogP contribution in [0.2, 0.25) is 0 Å². The Labute approximate surface area is 132 Å². The van der Waals surface area contributed by atoms with Gasteiger partial charge in [0.15, 0.2) is 0 Å². The number of hydrogen-bond donors (Lipinski definition) is 1. The molecule has 1 nitrogen and oxygen atoms in total. The van der Waals surface area contributed by atoms with Crippen molar-refractivity contribution >= 4 is 15.9 Å². The zero-order chi connectivity index (χ0) is 15.4. The number of hydrogen-bond acceptors (Lipinski definition) is 1. The molecule has 2 rings (SSSR count). The molecule has 0 fully saturated rings. The highest BCUT2D eigenvalue weighted by Crippen LogP contribution is 2.25. The van der Waals surface area contributed by atoms with E-state index in [2.05, 4.69) is 21.2 Å². The quantitative estimate of drug-likeness (QED) is 0.803. The van der Waals surface area contributed by atoms with Crippen LogP contribution < -0.4 is 5.32 Å². The molecule has 0 aliphatic rings. The van der Waals surface area contributed by atoms with E-state index in [1.54, 1.807) is 18.2 Å². The predicted molar refractivity (Wildman–Crippen MR) is 85.4 cm³/mol. The van der Waals surface area contributed by atoms with Crippen LogP contribution in [-0.2, 0) is 6.42 Å². The first-order valence-electron chi connectivity index (χ1n) is 6.94. The Balaban J connectivity index is 2.35. The van der Waals surface area contributed by atoms with Crippen LogP contribution in [0.3, 0.4) is 0 Å². The summed E-state index contributed by atoms with van der Waals surface area (Å²) in [6.07, 6.45) is 0.402. The zero-order valence-electron chi connectivity index (χ0n) is 12.1. The Kier molecular flexibility index (Phi) is 5.48. The molecule has 4 heteroatoms. The summed E-state index contributed by atoms with van der Waals surface area (Å²) in [6, 6.07) is 9.60. The van der Waals surface area contributed by atoms with E-state index in [0.29, 0.717) is 24.1 Å². The molecule has 0 aliphatic heterocycles. The molecule has 0 bridgehead atoms. The van der Waals surface area contributed by atoms with Gasteiger partial charge in [0.1, 0.15) is 11.6 Å². The van der Waals surface area contributed by atoms with Gasteiger partial charge in [-0.3, -0.25) is 0 Å². The maximum Gasteiger partial charge on any atom is 0.128 e. The number of likely N-dealkylation sites (N-methyl/N-ethyl adjacent to an activating group) is 1. The molecule has 21 heavy (non-hydrogen) atoms. The summed E-state index contributed by atoms with van der Waals surface area (Å²) in [6.45, 7) is 4.57. The SMILES string of the molecule is CCNC(Cc1cc(Br)ccc1F)c1cc(C)ccc1F. The lowest BCUT2D eigenvalue weighted by Gasteiger charge is -2.20. The Hall–Kier alpha value is -1.26. The van der Waals surface area contributed by atoms with Gasteiger partial charge in [-0.2, -0.15) is 0 Å². The molecule has 0 saturated carbocycles. The Morgan fingerprint density at radius 1 is 1.10 bits per heavy atom. The molecule has 0 aliphatic carbocycles. The van der Waals surface area contributed by atoms with E-state index in [1.807, 2.05) is 19.9 Å². The summed E-state index contributed by atoms with van der Waals surface area (Å²) in [7, 11) is 0. The third kappa shape index (κ3) is 4.11. The van der Waals surface area contributed by atoms with Crippen LogP contribution in [-0.4, -0.2) is 6.54 Å². The Morgan fingerprint density at radius 3 is 2.52 bits per heavy atom. The third-order valence-electron chi connectivity index (χ3n) is 3.41. The summed E-state index contributed by atoms with van der Waals surface area (Å²) in [5.74, 6) is -0.531. The highest BCUT2D eigenvalue weighted by molar-refractivity contribution is 9.10. The number of nitrogens with one attached hydrogen (secondary N) is 1. The van der Waals surface area contributed by atoms with Gasteiger partial charge in [-0.25, -0.2) is 8.78 Å². The van der Waals surface area contributed by atoms with Gasteiger partial charge in [-0.05, 0) is 49.7 Å². The lowest BCUT2D eigenvalue weighted by Crippen LogP contribution is -2.24. The van der Waals surface area contributed by atoms with E-state index in [1.165, 1.54) is 12.1 Å². The predicted octanol–water partition coefficient (Wildman–Crippen LogP) is 4.93. The molecule has 0 radical (unpaired) electrons. The first-order valence-corrected chi connectivity index (χ1v) is 7.74. The molecular weight excluding hydrogens is 336 g/mol. The highest BCUT2D eigenvalue weighted by atomic mass is 79.9. The molecule has 0 spiro atoms. The van der Waals surface area contributed by atoms with Crippen molar-refractivity contribution in [1.29, 1.82) is 0 Å². The van der Waals surface area contributed by atoms with Crippen LogP contribution in [0.15, 0.2) is 40.9 Å². The zero-order valence-corrected chi connectivity index (χ0v) is 13.7. The summed E-state index contributed by atoms with van der Waals surface area (Å²) in [5, 5.41) is 3.24. The average Bonchev–Trinajstić information content (AvgIpc) is 2.45. The fraction of sp³-hybridized carbons (Fsp3) is 0.294. The van der Waals surface area contributed by atoms with Crippen molar-refractivity contribution in [2.75, 3.05) is 6.54 Å². The van der Waals surface area contributed by atoms with E-state index in [0.717, 1.165) is 10.0 Å². The first-order chi connectivity index (χ1) is 10.0. The van der Waals surface area contributed by atoms with Gasteiger partial charge < -0.3 is 5.32 Å². The van der Waals surface area contributed by atoms with E-state index in [4.69, 9.17) is 0 Å². The molecule has 1 N–H and O–H groups in total. The summed E-state index contributed by atoms with van der Waals surface area (Å²) < 4.78 is 28.8. The number of aryl methyl sites for hydroxylation is 1. The van der Waals surface area contributed by atoms with Crippen LogP contribution in [0.4, 0.5) is 8.78 Å². The number of halogens is 3. The molecule has 0 amide bonds. The largest absolute Gasteiger partial charge is 0.310 e. The number of benzene rings is 2. The summed E-state index contributed by atoms with van der Waals surface area (Å²) in [4.78, 5) is 0. The highest BCUT2D eigenvalue weighted by Gasteiger charge is 2.17. The van der Waals surface area contributed by atoms with Crippen molar-refractivity contribution in [2.24, 2.45) is 0 Å². The van der Waals surface area contributed by atoms with Crippen molar-refractivity contribution in [3.05, 3.63) is 69.2 Å². The van der Waals surface area contributed by atoms with Crippen LogP contribution in [0.5, 0.6) is 0 Å². The molecule has 0 aromatic heterocycles. The minimum absolute atomic E-state index is 0.251.